The summed E-state index contributed by atoms with van der Waals surface area (Å²) in [4.78, 5) is 4.50. The number of methoxy groups -OCH3 is 1. The highest BCUT2D eigenvalue weighted by Crippen LogP contribution is 2.34. The van der Waals surface area contributed by atoms with E-state index in [1.54, 1.807) is 13.4 Å². The second-order valence-electron chi connectivity index (χ2n) is 5.23. The lowest BCUT2D eigenvalue weighted by molar-refractivity contribution is 0.407. The largest absolute Gasteiger partial charge is 0.496 e. The van der Waals surface area contributed by atoms with Crippen molar-refractivity contribution < 1.29 is 9.15 Å². The van der Waals surface area contributed by atoms with E-state index in [0.29, 0.717) is 24.8 Å². The number of hydrogen-bond acceptors (Lipinski definition) is 4. The summed E-state index contributed by atoms with van der Waals surface area (Å²) in [6.45, 7) is 6.90. The van der Waals surface area contributed by atoms with E-state index in [-0.39, 0.29) is 0 Å². The molecular weight excluding hydrogens is 252 g/mol. The van der Waals surface area contributed by atoms with Crippen LogP contribution < -0.4 is 10.5 Å². The molecule has 1 aromatic carbocycles. The SMILES string of the molecule is COc1cc(C)c(-c2coc(CCN)n2)cc1C(C)C. The molecule has 2 rings (SSSR count). The Bertz CT molecular complexity index is 588. The van der Waals surface area contributed by atoms with Crippen LogP contribution in [0.4, 0.5) is 0 Å². The van der Waals surface area contributed by atoms with Crippen LogP contribution in [0.15, 0.2) is 22.8 Å². The fourth-order valence-electron chi connectivity index (χ4n) is 2.28. The number of benzene rings is 1. The maximum absolute atomic E-state index is 5.52. The van der Waals surface area contributed by atoms with Crippen molar-refractivity contribution in [3.05, 3.63) is 35.4 Å². The van der Waals surface area contributed by atoms with Gasteiger partial charge in [0, 0.05) is 18.5 Å². The molecule has 0 amide bonds. The van der Waals surface area contributed by atoms with E-state index in [2.05, 4.69) is 37.9 Å². The van der Waals surface area contributed by atoms with Gasteiger partial charge in [-0.05, 0) is 36.1 Å². The topological polar surface area (TPSA) is 61.3 Å². The summed E-state index contributed by atoms with van der Waals surface area (Å²) in [5.74, 6) is 2.00. The van der Waals surface area contributed by atoms with Gasteiger partial charge in [-0.25, -0.2) is 4.98 Å². The van der Waals surface area contributed by atoms with Crippen molar-refractivity contribution in [1.82, 2.24) is 4.98 Å². The van der Waals surface area contributed by atoms with E-state index in [4.69, 9.17) is 14.9 Å². The first kappa shape index (κ1) is 14.6. The van der Waals surface area contributed by atoms with Crippen LogP contribution in [0.2, 0.25) is 0 Å². The molecule has 2 N–H and O–H groups in total. The van der Waals surface area contributed by atoms with Crippen LogP contribution in [-0.4, -0.2) is 18.6 Å². The molecular formula is C16H22N2O2. The molecule has 1 aromatic heterocycles. The Kier molecular flexibility index (Phi) is 4.45. The average Bonchev–Trinajstić information content (AvgIpc) is 2.86. The first-order chi connectivity index (χ1) is 9.56. The van der Waals surface area contributed by atoms with Crippen LogP contribution in [0.3, 0.4) is 0 Å². The minimum absolute atomic E-state index is 0.389. The number of aromatic nitrogens is 1. The fraction of sp³-hybridized carbons (Fsp3) is 0.438. The minimum atomic E-state index is 0.389. The second-order valence-corrected chi connectivity index (χ2v) is 5.23. The third-order valence-electron chi connectivity index (χ3n) is 3.38. The fourth-order valence-corrected chi connectivity index (χ4v) is 2.28. The number of nitrogens with zero attached hydrogens (tertiary/aromatic N) is 1. The summed E-state index contributed by atoms with van der Waals surface area (Å²) < 4.78 is 10.9. The molecule has 20 heavy (non-hydrogen) atoms. The Morgan fingerprint density at radius 3 is 2.70 bits per heavy atom. The Morgan fingerprint density at radius 1 is 1.35 bits per heavy atom. The van der Waals surface area contributed by atoms with E-state index in [1.807, 2.05) is 0 Å². The molecule has 108 valence electrons. The van der Waals surface area contributed by atoms with E-state index < -0.39 is 0 Å². The zero-order chi connectivity index (χ0) is 14.7. The summed E-state index contributed by atoms with van der Waals surface area (Å²) in [7, 11) is 1.70. The van der Waals surface area contributed by atoms with Crippen molar-refractivity contribution in [2.24, 2.45) is 5.73 Å². The molecule has 4 heteroatoms. The molecule has 0 radical (unpaired) electrons. The van der Waals surface area contributed by atoms with Gasteiger partial charge in [0.05, 0.1) is 7.11 Å². The van der Waals surface area contributed by atoms with Crippen LogP contribution in [0, 0.1) is 6.92 Å². The van der Waals surface area contributed by atoms with Gasteiger partial charge in [-0.2, -0.15) is 0 Å². The molecule has 0 atom stereocenters. The van der Waals surface area contributed by atoms with E-state index in [9.17, 15) is 0 Å². The maximum atomic E-state index is 5.52. The first-order valence-electron chi connectivity index (χ1n) is 6.90. The van der Waals surface area contributed by atoms with E-state index in [0.717, 1.165) is 22.6 Å². The van der Waals surface area contributed by atoms with Gasteiger partial charge in [-0.1, -0.05) is 13.8 Å². The summed E-state index contributed by atoms with van der Waals surface area (Å²) >= 11 is 0. The Hall–Kier alpha value is -1.81. The second kappa shape index (κ2) is 6.09. The van der Waals surface area contributed by atoms with Crippen molar-refractivity contribution in [3.8, 4) is 17.0 Å². The number of nitrogens with two attached hydrogens (primary N) is 1. The maximum Gasteiger partial charge on any atom is 0.195 e. The predicted molar refractivity (Wildman–Crippen MR) is 80.1 cm³/mol. The van der Waals surface area contributed by atoms with Crippen molar-refractivity contribution in [2.75, 3.05) is 13.7 Å². The molecule has 0 saturated heterocycles. The smallest absolute Gasteiger partial charge is 0.195 e. The highest BCUT2D eigenvalue weighted by molar-refractivity contribution is 5.66. The molecule has 2 aromatic rings. The number of aryl methyl sites for hydroxylation is 1. The van der Waals surface area contributed by atoms with Crippen LogP contribution in [0.5, 0.6) is 5.75 Å². The number of oxazole rings is 1. The van der Waals surface area contributed by atoms with Gasteiger partial charge in [0.15, 0.2) is 5.89 Å². The predicted octanol–water partition coefficient (Wildman–Crippen LogP) is 3.28. The summed E-state index contributed by atoms with van der Waals surface area (Å²) in [5, 5.41) is 0. The Balaban J connectivity index is 2.47. The van der Waals surface area contributed by atoms with Crippen LogP contribution in [0.25, 0.3) is 11.3 Å². The number of ether oxygens (including phenoxy) is 1. The van der Waals surface area contributed by atoms with Crippen molar-refractivity contribution in [1.29, 1.82) is 0 Å². The van der Waals surface area contributed by atoms with Crippen LogP contribution in [-0.2, 0) is 6.42 Å². The van der Waals surface area contributed by atoms with Crippen molar-refractivity contribution in [3.63, 3.8) is 0 Å². The molecule has 0 aliphatic heterocycles. The molecule has 0 spiro atoms. The van der Waals surface area contributed by atoms with Gasteiger partial charge in [0.25, 0.3) is 0 Å². The third kappa shape index (κ3) is 2.85. The molecule has 0 saturated carbocycles. The summed E-state index contributed by atoms with van der Waals surface area (Å²) in [6, 6.07) is 4.20. The molecule has 0 fully saturated rings. The van der Waals surface area contributed by atoms with Gasteiger partial charge in [0.1, 0.15) is 17.7 Å². The van der Waals surface area contributed by atoms with Gasteiger partial charge in [-0.3, -0.25) is 0 Å². The molecule has 0 aliphatic rings. The zero-order valence-corrected chi connectivity index (χ0v) is 12.6. The lowest BCUT2D eigenvalue weighted by Crippen LogP contribution is -2.02. The molecule has 0 aliphatic carbocycles. The monoisotopic (exact) mass is 274 g/mol. The zero-order valence-electron chi connectivity index (χ0n) is 12.6. The normalized spacial score (nSPS) is 11.1. The quantitative estimate of drug-likeness (QED) is 0.909. The van der Waals surface area contributed by atoms with Crippen molar-refractivity contribution in [2.45, 2.75) is 33.1 Å². The minimum Gasteiger partial charge on any atom is -0.496 e. The van der Waals surface area contributed by atoms with Gasteiger partial charge < -0.3 is 14.9 Å². The van der Waals surface area contributed by atoms with Gasteiger partial charge in [-0.15, -0.1) is 0 Å². The molecule has 1 heterocycles. The van der Waals surface area contributed by atoms with Crippen LogP contribution >= 0.6 is 0 Å². The lowest BCUT2D eigenvalue weighted by atomic mass is 9.95. The van der Waals surface area contributed by atoms with E-state index in [1.165, 1.54) is 5.56 Å². The summed E-state index contributed by atoms with van der Waals surface area (Å²) in [5.41, 5.74) is 9.77. The van der Waals surface area contributed by atoms with Gasteiger partial charge >= 0.3 is 0 Å². The highest BCUT2D eigenvalue weighted by Gasteiger charge is 2.14. The van der Waals surface area contributed by atoms with Gasteiger partial charge in [0.2, 0.25) is 0 Å². The Morgan fingerprint density at radius 2 is 2.10 bits per heavy atom. The molecule has 0 bridgehead atoms. The van der Waals surface area contributed by atoms with Crippen LogP contribution in [0.1, 0.15) is 36.8 Å². The highest BCUT2D eigenvalue weighted by atomic mass is 16.5. The van der Waals surface area contributed by atoms with Crippen molar-refractivity contribution >= 4 is 0 Å². The van der Waals surface area contributed by atoms with E-state index >= 15 is 0 Å². The third-order valence-corrected chi connectivity index (χ3v) is 3.38. The first-order valence-corrected chi connectivity index (χ1v) is 6.90. The number of rotatable bonds is 5. The summed E-state index contributed by atoms with van der Waals surface area (Å²) in [6.07, 6.45) is 2.36. The molecule has 4 nitrogen and oxygen atoms in total. The molecule has 0 unspecified atom stereocenters. The number of hydrogen-bond donors (Lipinski definition) is 1. The standard InChI is InChI=1S/C16H22N2O2/c1-10(2)12-8-13(11(3)7-15(12)19-4)14-9-20-16(18-14)5-6-17/h7-10H,5-6,17H2,1-4H3. The lowest BCUT2D eigenvalue weighted by Gasteiger charge is -2.15. The Labute approximate surface area is 120 Å². The average molecular weight is 274 g/mol.